The van der Waals surface area contributed by atoms with E-state index < -0.39 is 0 Å². The first-order valence-corrected chi connectivity index (χ1v) is 11.5. The second-order valence-electron chi connectivity index (χ2n) is 8.71. The van der Waals surface area contributed by atoms with Gasteiger partial charge in [-0.2, -0.15) is 4.99 Å². The summed E-state index contributed by atoms with van der Waals surface area (Å²) in [5, 5.41) is 6.43. The van der Waals surface area contributed by atoms with Gasteiger partial charge in [0, 0.05) is 42.6 Å². The van der Waals surface area contributed by atoms with Crippen LogP contribution in [0.2, 0.25) is 0 Å². The first-order valence-electron chi connectivity index (χ1n) is 11.5. The minimum absolute atomic E-state index is 0.0473. The van der Waals surface area contributed by atoms with Crippen LogP contribution in [-0.4, -0.2) is 73.0 Å². The average Bonchev–Trinajstić information content (AvgIpc) is 2.85. The molecule has 2 aliphatic rings. The molecule has 0 aliphatic carbocycles. The lowest BCUT2D eigenvalue weighted by molar-refractivity contribution is 0.0659. The number of carbonyl (C=O) groups is 1. The molecule has 174 valence electrons. The van der Waals surface area contributed by atoms with Crippen molar-refractivity contribution in [2.75, 3.05) is 45.6 Å². The maximum Gasteiger partial charge on any atom is 0.253 e. The molecule has 0 spiro atoms. The predicted molar refractivity (Wildman–Crippen MR) is 134 cm³/mol. The van der Waals surface area contributed by atoms with Gasteiger partial charge in [-0.15, -0.1) is 0 Å². The molecule has 2 aromatic rings. The number of anilines is 1. The van der Waals surface area contributed by atoms with Gasteiger partial charge in [0.2, 0.25) is 0 Å². The van der Waals surface area contributed by atoms with Crippen molar-refractivity contribution in [2.45, 2.75) is 25.3 Å². The average molecular weight is 448 g/mol. The van der Waals surface area contributed by atoms with Gasteiger partial charge in [0.05, 0.1) is 0 Å². The Labute approximate surface area is 195 Å². The molecule has 4 N–H and O–H groups in total. The summed E-state index contributed by atoms with van der Waals surface area (Å²) >= 11 is 0. The van der Waals surface area contributed by atoms with Gasteiger partial charge in [-0.1, -0.05) is 6.08 Å². The van der Waals surface area contributed by atoms with Gasteiger partial charge in [-0.05, 0) is 87.9 Å². The Balaban J connectivity index is 1.41. The highest BCUT2D eigenvalue weighted by Gasteiger charge is 2.24. The number of carbonyl (C=O) groups excluding carboxylic acids is 1. The summed E-state index contributed by atoms with van der Waals surface area (Å²) in [5.41, 5.74) is 9.85. The highest BCUT2D eigenvalue weighted by molar-refractivity contribution is 5.97. The topological polar surface area (TPSA) is 98.9 Å². The minimum Gasteiger partial charge on any atom is -0.369 e. The molecule has 33 heavy (non-hydrogen) atoms. The number of pyridine rings is 1. The number of amides is 1. The number of guanidine groups is 1. The molecular formula is C25H33N7O. The molecule has 2 aliphatic heterocycles. The Hall–Kier alpha value is -3.23. The molecule has 0 saturated carbocycles. The van der Waals surface area contributed by atoms with Crippen LogP contribution < -0.4 is 16.4 Å². The maximum absolute atomic E-state index is 12.9. The van der Waals surface area contributed by atoms with Crippen molar-refractivity contribution in [3.63, 3.8) is 0 Å². The number of piperidine rings is 1. The van der Waals surface area contributed by atoms with Gasteiger partial charge in [-0.3, -0.25) is 4.79 Å². The van der Waals surface area contributed by atoms with Gasteiger partial charge in [0.25, 0.3) is 5.91 Å². The van der Waals surface area contributed by atoms with Crippen molar-refractivity contribution in [1.29, 1.82) is 0 Å². The van der Waals surface area contributed by atoms with E-state index >= 15 is 0 Å². The fourth-order valence-corrected chi connectivity index (χ4v) is 4.34. The van der Waals surface area contributed by atoms with E-state index in [-0.39, 0.29) is 17.9 Å². The number of nitrogens with one attached hydrogen (secondary N) is 2. The largest absolute Gasteiger partial charge is 0.369 e. The van der Waals surface area contributed by atoms with Gasteiger partial charge in [0.1, 0.15) is 0 Å². The number of aliphatic imine (C=N–C) groups is 1. The van der Waals surface area contributed by atoms with Crippen LogP contribution in [0.3, 0.4) is 0 Å². The standard InChI is InChI=1S/C25H33N7O/c1-31-16-11-21(12-17-31)32(2)24(33)19-5-7-20(8-6-19)29-25(26)30-23-22(4-3-13-28-23)18-9-14-27-15-10-18/h3-9,13,21,27H,10-12,14-17H2,1-2H3,(H3,26,28,29,30). The zero-order valence-corrected chi connectivity index (χ0v) is 19.4. The summed E-state index contributed by atoms with van der Waals surface area (Å²) in [7, 11) is 4.02. The Kier molecular flexibility index (Phi) is 7.36. The number of rotatable bonds is 5. The summed E-state index contributed by atoms with van der Waals surface area (Å²) in [4.78, 5) is 26.0. The Morgan fingerprint density at radius 1 is 1.24 bits per heavy atom. The molecule has 0 bridgehead atoms. The highest BCUT2D eigenvalue weighted by Crippen LogP contribution is 2.27. The van der Waals surface area contributed by atoms with E-state index in [1.54, 1.807) is 6.20 Å². The lowest BCUT2D eigenvalue weighted by Crippen LogP contribution is -2.44. The normalized spacial score (nSPS) is 18.0. The van der Waals surface area contributed by atoms with Crippen molar-refractivity contribution >= 4 is 28.9 Å². The van der Waals surface area contributed by atoms with Crippen LogP contribution in [0.25, 0.3) is 5.57 Å². The Morgan fingerprint density at radius 3 is 2.70 bits per heavy atom. The third kappa shape index (κ3) is 5.77. The van der Waals surface area contributed by atoms with Crippen LogP contribution in [0.1, 0.15) is 35.2 Å². The van der Waals surface area contributed by atoms with E-state index in [9.17, 15) is 4.79 Å². The first kappa shape index (κ1) is 22.9. The van der Waals surface area contributed by atoms with E-state index in [1.165, 1.54) is 5.57 Å². The van der Waals surface area contributed by atoms with E-state index in [4.69, 9.17) is 5.73 Å². The van der Waals surface area contributed by atoms with Crippen LogP contribution in [0, 0.1) is 0 Å². The summed E-state index contributed by atoms with van der Waals surface area (Å²) in [6.07, 6.45) is 6.84. The molecule has 0 atom stereocenters. The van der Waals surface area contributed by atoms with E-state index in [1.807, 2.05) is 48.3 Å². The lowest BCUT2D eigenvalue weighted by atomic mass is 10.0. The summed E-state index contributed by atoms with van der Waals surface area (Å²) in [6.45, 7) is 3.83. The molecule has 1 fully saturated rings. The quantitative estimate of drug-likeness (QED) is 0.482. The number of benzene rings is 1. The molecule has 0 radical (unpaired) electrons. The third-order valence-electron chi connectivity index (χ3n) is 6.38. The van der Waals surface area contributed by atoms with Crippen molar-refractivity contribution in [1.82, 2.24) is 20.1 Å². The van der Waals surface area contributed by atoms with Crippen LogP contribution in [-0.2, 0) is 0 Å². The van der Waals surface area contributed by atoms with Crippen molar-refractivity contribution in [2.24, 2.45) is 10.7 Å². The molecule has 1 saturated heterocycles. The monoisotopic (exact) mass is 447 g/mol. The first-order chi connectivity index (χ1) is 16.0. The zero-order chi connectivity index (χ0) is 23.2. The number of likely N-dealkylation sites (tertiary alicyclic amines) is 1. The minimum atomic E-state index is 0.0473. The number of nitrogens with two attached hydrogens (primary N) is 1. The fourth-order valence-electron chi connectivity index (χ4n) is 4.34. The predicted octanol–water partition coefficient (Wildman–Crippen LogP) is 2.68. The van der Waals surface area contributed by atoms with Crippen LogP contribution in [0.5, 0.6) is 0 Å². The van der Waals surface area contributed by atoms with Crippen molar-refractivity contribution < 1.29 is 4.79 Å². The zero-order valence-electron chi connectivity index (χ0n) is 19.4. The van der Waals surface area contributed by atoms with Crippen LogP contribution in [0.15, 0.2) is 53.7 Å². The molecule has 8 nitrogen and oxygen atoms in total. The molecule has 3 heterocycles. The molecule has 8 heteroatoms. The molecule has 4 rings (SSSR count). The second kappa shape index (κ2) is 10.6. The number of nitrogens with zero attached hydrogens (tertiary/aromatic N) is 4. The fraction of sp³-hybridized carbons (Fsp3) is 0.400. The van der Waals surface area contributed by atoms with Gasteiger partial charge in [0.15, 0.2) is 11.8 Å². The smallest absolute Gasteiger partial charge is 0.253 e. The number of aromatic nitrogens is 1. The number of hydrogen-bond acceptors (Lipinski definition) is 5. The lowest BCUT2D eigenvalue weighted by Gasteiger charge is -2.35. The van der Waals surface area contributed by atoms with Crippen molar-refractivity contribution in [3.05, 3.63) is 59.8 Å². The van der Waals surface area contributed by atoms with Crippen molar-refractivity contribution in [3.8, 4) is 0 Å². The molecular weight excluding hydrogens is 414 g/mol. The van der Waals surface area contributed by atoms with E-state index in [2.05, 4.69) is 38.6 Å². The second-order valence-corrected chi connectivity index (χ2v) is 8.71. The summed E-state index contributed by atoms with van der Waals surface area (Å²) in [5.74, 6) is 0.903. The molecule has 1 aromatic heterocycles. The van der Waals surface area contributed by atoms with Crippen LogP contribution in [0.4, 0.5) is 11.5 Å². The van der Waals surface area contributed by atoms with Crippen LogP contribution >= 0.6 is 0 Å². The summed E-state index contributed by atoms with van der Waals surface area (Å²) < 4.78 is 0. The third-order valence-corrected chi connectivity index (χ3v) is 6.38. The van der Waals surface area contributed by atoms with E-state index in [0.717, 1.165) is 56.7 Å². The number of hydrogen-bond donors (Lipinski definition) is 3. The Bertz CT molecular complexity index is 1020. The van der Waals surface area contributed by atoms with Gasteiger partial charge < -0.3 is 26.2 Å². The molecule has 0 unspecified atom stereocenters. The summed E-state index contributed by atoms with van der Waals surface area (Å²) in [6, 6.07) is 11.6. The van der Waals surface area contributed by atoms with E-state index in [0.29, 0.717) is 11.4 Å². The Morgan fingerprint density at radius 2 is 2.00 bits per heavy atom. The van der Waals surface area contributed by atoms with Gasteiger partial charge >= 0.3 is 0 Å². The molecule has 1 aromatic carbocycles. The SMILES string of the molecule is CN1CCC(N(C)C(=O)c2ccc(NC(N)=Nc3ncccc3C3=CCNCC3)cc2)CC1. The maximum atomic E-state index is 12.9. The highest BCUT2D eigenvalue weighted by atomic mass is 16.2. The van der Waals surface area contributed by atoms with Gasteiger partial charge in [-0.25, -0.2) is 4.98 Å². The molecule has 1 amide bonds.